The third-order valence-corrected chi connectivity index (χ3v) is 5.38. The fraction of sp³-hybridized carbons (Fsp3) is 0.421. The lowest BCUT2D eigenvalue weighted by atomic mass is 10.2. The van der Waals surface area contributed by atoms with E-state index >= 15 is 0 Å². The molecule has 31 heavy (non-hydrogen) atoms. The standard InChI is InChI=1S/C19H26N6O4S.HI/c1-5-29-18(26)16-12(2)23-17(30-16)13(3)24-19(20-4)22-11-10-21-14-8-6-7-9-15(14)25(27)28;/h6-9,13,21H,5,10-11H2,1-4H3,(H2,20,22,24);1H. The van der Waals surface area contributed by atoms with Gasteiger partial charge in [-0.3, -0.25) is 15.1 Å². The number of esters is 1. The van der Waals surface area contributed by atoms with Crippen molar-refractivity contribution >= 4 is 58.6 Å². The molecule has 0 spiro atoms. The van der Waals surface area contributed by atoms with Gasteiger partial charge in [0, 0.05) is 26.2 Å². The van der Waals surface area contributed by atoms with Crippen molar-refractivity contribution in [3.05, 3.63) is 50.0 Å². The first-order valence-corrected chi connectivity index (χ1v) is 10.3. The zero-order valence-electron chi connectivity index (χ0n) is 17.8. The number of ether oxygens (including phenoxy) is 1. The zero-order chi connectivity index (χ0) is 22.1. The Kier molecular flexibility index (Phi) is 11.2. The lowest BCUT2D eigenvalue weighted by Crippen LogP contribution is -2.40. The molecule has 2 aromatic rings. The van der Waals surface area contributed by atoms with Crippen molar-refractivity contribution in [3.8, 4) is 0 Å². The molecule has 0 fully saturated rings. The number of thiazole rings is 1. The number of nitro groups is 1. The van der Waals surface area contributed by atoms with Crippen molar-refractivity contribution in [3.63, 3.8) is 0 Å². The van der Waals surface area contributed by atoms with Crippen LogP contribution in [0.15, 0.2) is 29.3 Å². The number of nitro benzene ring substituents is 1. The lowest BCUT2D eigenvalue weighted by molar-refractivity contribution is -0.384. The molecule has 0 bridgehead atoms. The van der Waals surface area contributed by atoms with E-state index in [1.165, 1.54) is 17.4 Å². The van der Waals surface area contributed by atoms with E-state index in [0.29, 0.717) is 41.9 Å². The van der Waals surface area contributed by atoms with Crippen molar-refractivity contribution in [2.24, 2.45) is 4.99 Å². The number of rotatable bonds is 9. The van der Waals surface area contributed by atoms with Gasteiger partial charge in [0.2, 0.25) is 0 Å². The summed E-state index contributed by atoms with van der Waals surface area (Å²) in [5.74, 6) is 0.187. The van der Waals surface area contributed by atoms with Crippen LogP contribution in [0.4, 0.5) is 11.4 Å². The molecule has 0 aliphatic rings. The summed E-state index contributed by atoms with van der Waals surface area (Å²) in [5, 5.41) is 21.2. The number of aliphatic imine (C=N–C) groups is 1. The number of halogens is 1. The highest BCUT2D eigenvalue weighted by Crippen LogP contribution is 2.24. The van der Waals surface area contributed by atoms with Gasteiger partial charge in [-0.15, -0.1) is 35.3 Å². The Bertz CT molecular complexity index is 921. The van der Waals surface area contributed by atoms with Crippen LogP contribution in [0.2, 0.25) is 0 Å². The van der Waals surface area contributed by atoms with Gasteiger partial charge in [-0.05, 0) is 26.8 Å². The Balaban J connectivity index is 0.00000480. The number of carbonyl (C=O) groups excluding carboxylic acids is 1. The Labute approximate surface area is 202 Å². The van der Waals surface area contributed by atoms with Crippen LogP contribution in [-0.4, -0.2) is 48.6 Å². The normalized spacial score (nSPS) is 11.8. The fourth-order valence-electron chi connectivity index (χ4n) is 2.61. The van der Waals surface area contributed by atoms with Gasteiger partial charge in [0.25, 0.3) is 5.69 Å². The minimum atomic E-state index is -0.418. The van der Waals surface area contributed by atoms with Crippen LogP contribution >= 0.6 is 35.3 Å². The third-order valence-electron chi connectivity index (χ3n) is 4.05. The van der Waals surface area contributed by atoms with Gasteiger partial charge in [-0.1, -0.05) is 12.1 Å². The van der Waals surface area contributed by atoms with E-state index in [9.17, 15) is 14.9 Å². The number of nitrogens with one attached hydrogen (secondary N) is 3. The lowest BCUT2D eigenvalue weighted by Gasteiger charge is -2.16. The number of aryl methyl sites for hydroxylation is 1. The summed E-state index contributed by atoms with van der Waals surface area (Å²) < 4.78 is 5.06. The number of para-hydroxylation sites is 2. The maximum atomic E-state index is 12.0. The van der Waals surface area contributed by atoms with Crippen LogP contribution in [0.5, 0.6) is 0 Å². The van der Waals surface area contributed by atoms with Crippen molar-refractivity contribution in [1.29, 1.82) is 0 Å². The number of benzene rings is 1. The second-order valence-corrected chi connectivity index (χ2v) is 7.28. The Morgan fingerprint density at radius 1 is 1.35 bits per heavy atom. The summed E-state index contributed by atoms with van der Waals surface area (Å²) in [6.07, 6.45) is 0. The molecule has 0 radical (unpaired) electrons. The van der Waals surface area contributed by atoms with Crippen LogP contribution in [0, 0.1) is 17.0 Å². The van der Waals surface area contributed by atoms with E-state index in [0.717, 1.165) is 5.01 Å². The van der Waals surface area contributed by atoms with E-state index in [2.05, 4.69) is 25.9 Å². The maximum Gasteiger partial charge on any atom is 0.350 e. The molecule has 12 heteroatoms. The Morgan fingerprint density at radius 3 is 2.71 bits per heavy atom. The van der Waals surface area contributed by atoms with Gasteiger partial charge < -0.3 is 20.7 Å². The Hall–Kier alpha value is -2.48. The summed E-state index contributed by atoms with van der Waals surface area (Å²) in [4.78, 5) is 31.8. The molecule has 0 amide bonds. The van der Waals surface area contributed by atoms with Crippen LogP contribution < -0.4 is 16.0 Å². The summed E-state index contributed by atoms with van der Waals surface area (Å²) in [7, 11) is 1.65. The molecule has 2 rings (SSSR count). The second-order valence-electron chi connectivity index (χ2n) is 6.25. The Morgan fingerprint density at radius 2 is 2.06 bits per heavy atom. The molecular weight excluding hydrogens is 535 g/mol. The van der Waals surface area contributed by atoms with E-state index < -0.39 is 4.92 Å². The number of carbonyl (C=O) groups is 1. The average molecular weight is 562 g/mol. The molecule has 3 N–H and O–H groups in total. The predicted molar refractivity (Wildman–Crippen MR) is 133 cm³/mol. The van der Waals surface area contributed by atoms with Crippen LogP contribution in [0.1, 0.15) is 40.3 Å². The number of guanidine groups is 1. The first-order chi connectivity index (χ1) is 14.4. The topological polar surface area (TPSA) is 131 Å². The quantitative estimate of drug-likeness (QED) is 0.0806. The molecule has 1 atom stereocenters. The van der Waals surface area contributed by atoms with Gasteiger partial charge in [-0.25, -0.2) is 9.78 Å². The van der Waals surface area contributed by atoms with Gasteiger partial charge in [-0.2, -0.15) is 0 Å². The first kappa shape index (κ1) is 26.6. The molecule has 10 nitrogen and oxygen atoms in total. The monoisotopic (exact) mass is 562 g/mol. The van der Waals surface area contributed by atoms with E-state index in [1.807, 2.05) is 6.92 Å². The number of aromatic nitrogens is 1. The molecule has 170 valence electrons. The molecule has 0 saturated heterocycles. The first-order valence-electron chi connectivity index (χ1n) is 9.46. The minimum absolute atomic E-state index is 0. The molecule has 1 heterocycles. The molecule has 1 aromatic heterocycles. The number of anilines is 1. The van der Waals surface area contributed by atoms with Crippen LogP contribution in [-0.2, 0) is 4.74 Å². The molecular formula is C19H27IN6O4S. The number of nitrogens with zero attached hydrogens (tertiary/aromatic N) is 3. The van der Waals surface area contributed by atoms with Gasteiger partial charge >= 0.3 is 5.97 Å². The minimum Gasteiger partial charge on any atom is -0.462 e. The van der Waals surface area contributed by atoms with Crippen molar-refractivity contribution < 1.29 is 14.5 Å². The highest BCUT2D eigenvalue weighted by atomic mass is 127. The number of hydrogen-bond donors (Lipinski definition) is 3. The largest absolute Gasteiger partial charge is 0.462 e. The average Bonchev–Trinajstić information content (AvgIpc) is 3.12. The van der Waals surface area contributed by atoms with E-state index in [1.54, 1.807) is 39.1 Å². The van der Waals surface area contributed by atoms with Gasteiger partial charge in [0.15, 0.2) is 5.96 Å². The number of hydrogen-bond acceptors (Lipinski definition) is 8. The van der Waals surface area contributed by atoms with Crippen molar-refractivity contribution in [2.75, 3.05) is 32.1 Å². The van der Waals surface area contributed by atoms with Crippen molar-refractivity contribution in [2.45, 2.75) is 26.8 Å². The summed E-state index contributed by atoms with van der Waals surface area (Å²) in [6, 6.07) is 6.32. The van der Waals surface area contributed by atoms with Gasteiger partial charge in [0.1, 0.15) is 15.6 Å². The zero-order valence-corrected chi connectivity index (χ0v) is 20.9. The maximum absolute atomic E-state index is 12.0. The summed E-state index contributed by atoms with van der Waals surface area (Å²) in [5.41, 5.74) is 1.13. The molecule has 0 aliphatic carbocycles. The van der Waals surface area contributed by atoms with Crippen LogP contribution in [0.3, 0.4) is 0 Å². The smallest absolute Gasteiger partial charge is 0.350 e. The highest BCUT2D eigenvalue weighted by molar-refractivity contribution is 14.0. The van der Waals surface area contributed by atoms with E-state index in [-0.39, 0.29) is 41.7 Å². The summed E-state index contributed by atoms with van der Waals surface area (Å²) in [6.45, 7) is 6.73. The second kappa shape index (κ2) is 13.0. The van der Waals surface area contributed by atoms with Crippen molar-refractivity contribution in [1.82, 2.24) is 15.6 Å². The molecule has 1 unspecified atom stereocenters. The third kappa shape index (κ3) is 7.61. The molecule has 0 saturated carbocycles. The predicted octanol–water partition coefficient (Wildman–Crippen LogP) is 3.49. The molecule has 0 aliphatic heterocycles. The van der Waals surface area contributed by atoms with E-state index in [4.69, 9.17) is 4.74 Å². The fourth-order valence-corrected chi connectivity index (χ4v) is 3.57. The summed E-state index contributed by atoms with van der Waals surface area (Å²) >= 11 is 1.29. The van der Waals surface area contributed by atoms with Crippen LogP contribution in [0.25, 0.3) is 0 Å². The highest BCUT2D eigenvalue weighted by Gasteiger charge is 2.20. The SMILES string of the molecule is CCOC(=O)c1sc(C(C)NC(=NC)NCCNc2ccccc2[N+](=O)[O-])nc1C.I. The molecule has 1 aromatic carbocycles. The van der Waals surface area contributed by atoms with Gasteiger partial charge in [0.05, 0.1) is 23.3 Å².